The zero-order valence-corrected chi connectivity index (χ0v) is 11.1. The third kappa shape index (κ3) is 3.88. The highest BCUT2D eigenvalue weighted by Crippen LogP contribution is 2.31. The highest BCUT2D eigenvalue weighted by molar-refractivity contribution is 6.36. The second-order valence-corrected chi connectivity index (χ2v) is 4.90. The van der Waals surface area contributed by atoms with Crippen LogP contribution in [0.2, 0.25) is 10.0 Å². The van der Waals surface area contributed by atoms with Gasteiger partial charge >= 0.3 is 0 Å². The summed E-state index contributed by atoms with van der Waals surface area (Å²) >= 11 is 12.2. The van der Waals surface area contributed by atoms with E-state index in [1.54, 1.807) is 30.4 Å². The van der Waals surface area contributed by atoms with Crippen molar-refractivity contribution in [1.29, 1.82) is 0 Å². The maximum absolute atomic E-state index is 10.5. The highest BCUT2D eigenvalue weighted by atomic mass is 35.5. The summed E-state index contributed by atoms with van der Waals surface area (Å²) in [5.74, 6) is 0. The average molecular weight is 271 g/mol. The van der Waals surface area contributed by atoms with Crippen LogP contribution in [0.5, 0.6) is 0 Å². The molecular weight excluding hydrogens is 255 g/mol. The molecule has 17 heavy (non-hydrogen) atoms. The second kappa shape index (κ2) is 6.25. The van der Waals surface area contributed by atoms with Gasteiger partial charge < -0.3 is 5.11 Å². The summed E-state index contributed by atoms with van der Waals surface area (Å²) in [4.78, 5) is 0. The second-order valence-electron chi connectivity index (χ2n) is 4.09. The van der Waals surface area contributed by atoms with Gasteiger partial charge in [-0.1, -0.05) is 41.4 Å². The summed E-state index contributed by atoms with van der Waals surface area (Å²) < 4.78 is 0. The summed E-state index contributed by atoms with van der Waals surface area (Å²) in [6, 6.07) is 5.32. The summed E-state index contributed by atoms with van der Waals surface area (Å²) in [6.45, 7) is 7.31. The van der Waals surface area contributed by atoms with E-state index in [1.165, 1.54) is 0 Å². The predicted molar refractivity (Wildman–Crippen MR) is 74.7 cm³/mol. The molecule has 0 saturated heterocycles. The molecule has 0 saturated carbocycles. The van der Waals surface area contributed by atoms with E-state index in [0.717, 1.165) is 5.56 Å². The quantitative estimate of drug-likeness (QED) is 0.759. The molecule has 0 bridgehead atoms. The van der Waals surface area contributed by atoms with Gasteiger partial charge in [-0.2, -0.15) is 0 Å². The van der Waals surface area contributed by atoms with Gasteiger partial charge in [0.15, 0.2) is 0 Å². The zero-order valence-electron chi connectivity index (χ0n) is 9.63. The Morgan fingerprint density at radius 3 is 2.00 bits per heavy atom. The maximum atomic E-state index is 10.5. The lowest BCUT2D eigenvalue weighted by molar-refractivity contribution is 0.0468. The van der Waals surface area contributed by atoms with E-state index in [-0.39, 0.29) is 0 Å². The van der Waals surface area contributed by atoms with Gasteiger partial charge in [-0.25, -0.2) is 0 Å². The molecule has 0 fully saturated rings. The number of aliphatic hydroxyl groups is 1. The van der Waals surface area contributed by atoms with Gasteiger partial charge in [0.25, 0.3) is 0 Å². The number of rotatable bonds is 6. The SMILES string of the molecule is C=CCC(O)(CC=C)Cc1c(Cl)cccc1Cl. The molecule has 0 aromatic heterocycles. The third-order valence-electron chi connectivity index (χ3n) is 2.62. The van der Waals surface area contributed by atoms with Gasteiger partial charge in [-0.15, -0.1) is 13.2 Å². The van der Waals surface area contributed by atoms with E-state index < -0.39 is 5.60 Å². The van der Waals surface area contributed by atoms with Crippen LogP contribution in [0.1, 0.15) is 18.4 Å². The number of hydrogen-bond acceptors (Lipinski definition) is 1. The summed E-state index contributed by atoms with van der Waals surface area (Å²) in [5.41, 5.74) is -0.153. The van der Waals surface area contributed by atoms with Crippen molar-refractivity contribution >= 4 is 23.2 Å². The van der Waals surface area contributed by atoms with Gasteiger partial charge in [0.05, 0.1) is 5.60 Å². The molecule has 1 N–H and O–H groups in total. The van der Waals surface area contributed by atoms with Crippen LogP contribution in [0.15, 0.2) is 43.5 Å². The van der Waals surface area contributed by atoms with Crippen LogP contribution in [0.4, 0.5) is 0 Å². The maximum Gasteiger partial charge on any atom is 0.0757 e. The van der Waals surface area contributed by atoms with Crippen molar-refractivity contribution in [1.82, 2.24) is 0 Å². The lowest BCUT2D eigenvalue weighted by atomic mass is 9.88. The molecule has 0 amide bonds. The Kier molecular flexibility index (Phi) is 5.26. The molecular formula is C14H16Cl2O. The zero-order chi connectivity index (χ0) is 12.9. The average Bonchev–Trinajstić information content (AvgIpc) is 2.24. The van der Waals surface area contributed by atoms with Crippen LogP contribution in [0.25, 0.3) is 0 Å². The first-order valence-electron chi connectivity index (χ1n) is 5.39. The van der Waals surface area contributed by atoms with Crippen molar-refractivity contribution in [2.45, 2.75) is 24.9 Å². The van der Waals surface area contributed by atoms with Gasteiger partial charge in [-0.3, -0.25) is 0 Å². The number of hydrogen-bond donors (Lipinski definition) is 1. The Morgan fingerprint density at radius 1 is 1.12 bits per heavy atom. The van der Waals surface area contributed by atoms with Gasteiger partial charge in [0, 0.05) is 16.5 Å². The fourth-order valence-corrected chi connectivity index (χ4v) is 2.33. The molecule has 0 aliphatic carbocycles. The molecule has 1 aromatic rings. The first-order chi connectivity index (χ1) is 8.02. The molecule has 0 atom stereocenters. The van der Waals surface area contributed by atoms with Crippen LogP contribution in [-0.4, -0.2) is 10.7 Å². The van der Waals surface area contributed by atoms with Crippen LogP contribution < -0.4 is 0 Å². The smallest absolute Gasteiger partial charge is 0.0757 e. The van der Waals surface area contributed by atoms with Crippen molar-refractivity contribution in [3.05, 3.63) is 59.1 Å². The Labute approximate surface area is 112 Å². The van der Waals surface area contributed by atoms with Crippen LogP contribution in [-0.2, 0) is 6.42 Å². The molecule has 0 heterocycles. The van der Waals surface area contributed by atoms with E-state index >= 15 is 0 Å². The van der Waals surface area contributed by atoms with Crippen molar-refractivity contribution in [2.24, 2.45) is 0 Å². The van der Waals surface area contributed by atoms with E-state index in [0.29, 0.717) is 29.3 Å². The van der Waals surface area contributed by atoms with Crippen molar-refractivity contribution in [3.8, 4) is 0 Å². The molecule has 0 aliphatic rings. The Morgan fingerprint density at radius 2 is 1.59 bits per heavy atom. The largest absolute Gasteiger partial charge is 0.389 e. The molecule has 1 aromatic carbocycles. The van der Waals surface area contributed by atoms with Crippen molar-refractivity contribution in [2.75, 3.05) is 0 Å². The summed E-state index contributed by atoms with van der Waals surface area (Å²) in [6.07, 6.45) is 4.72. The number of benzene rings is 1. The standard InChI is InChI=1S/C14H16Cl2O/c1-3-8-14(17,9-4-2)10-11-12(15)6-5-7-13(11)16/h3-7,17H,1-2,8-10H2. The molecule has 3 heteroatoms. The fourth-order valence-electron chi connectivity index (χ4n) is 1.80. The third-order valence-corrected chi connectivity index (χ3v) is 3.32. The minimum Gasteiger partial charge on any atom is -0.389 e. The minimum absolute atomic E-state index is 0.392. The topological polar surface area (TPSA) is 20.2 Å². The first-order valence-corrected chi connectivity index (χ1v) is 6.15. The number of halogens is 2. The Hall–Kier alpha value is -0.760. The molecule has 1 nitrogen and oxygen atoms in total. The minimum atomic E-state index is -0.919. The van der Waals surface area contributed by atoms with Gasteiger partial charge in [0.2, 0.25) is 0 Å². The lowest BCUT2D eigenvalue weighted by Gasteiger charge is -2.26. The van der Waals surface area contributed by atoms with E-state index in [1.807, 2.05) is 0 Å². The molecule has 0 aliphatic heterocycles. The fraction of sp³-hybridized carbons (Fsp3) is 0.286. The van der Waals surface area contributed by atoms with Crippen molar-refractivity contribution in [3.63, 3.8) is 0 Å². The Bertz CT molecular complexity index is 382. The molecule has 0 unspecified atom stereocenters. The summed E-state index contributed by atoms with van der Waals surface area (Å²) in [5, 5.41) is 11.6. The molecule has 1 rings (SSSR count). The lowest BCUT2D eigenvalue weighted by Crippen LogP contribution is -2.30. The molecule has 0 spiro atoms. The van der Waals surface area contributed by atoms with Crippen LogP contribution >= 0.6 is 23.2 Å². The summed E-state index contributed by atoms with van der Waals surface area (Å²) in [7, 11) is 0. The first kappa shape index (κ1) is 14.3. The van der Waals surface area contributed by atoms with Gasteiger partial charge in [-0.05, 0) is 30.5 Å². The van der Waals surface area contributed by atoms with E-state index in [4.69, 9.17) is 23.2 Å². The highest BCUT2D eigenvalue weighted by Gasteiger charge is 2.26. The van der Waals surface area contributed by atoms with Crippen molar-refractivity contribution < 1.29 is 5.11 Å². The monoisotopic (exact) mass is 270 g/mol. The molecule has 92 valence electrons. The normalized spacial score (nSPS) is 11.2. The van der Waals surface area contributed by atoms with E-state index in [9.17, 15) is 5.11 Å². The molecule has 0 radical (unpaired) electrons. The van der Waals surface area contributed by atoms with Gasteiger partial charge in [0.1, 0.15) is 0 Å². The Balaban J connectivity index is 3.00. The van der Waals surface area contributed by atoms with Crippen LogP contribution in [0, 0.1) is 0 Å². The van der Waals surface area contributed by atoms with E-state index in [2.05, 4.69) is 13.2 Å². The predicted octanol–water partition coefficient (Wildman–Crippen LogP) is 4.42. The van der Waals surface area contributed by atoms with Crippen LogP contribution in [0.3, 0.4) is 0 Å².